The standard InChI is InChI=1S/C6H12N2.C6H8O4.C2H2O4.C2H4O3.2ClH.6H2N.4Pt/c7-5-3-1-2-4-6(5)8;7-4(8)6(5(9)10)2-1-3-6;3-1(4)2(5)6;3-1-2(4)5;;;;;;;;;;;;/h5-8H,1-4H2;1-3H2,(H,7,8)(H,9,10);(H,3,4)(H,5,6);3H,1H2,(H,4,5);2*1H;6*1H2;;;;/q-2;;;;;;6*-1;3*+2;+4/p-2. The zero-order valence-electron chi connectivity index (χ0n) is 21.0. The number of aliphatic carboxylic acids is 5. The van der Waals surface area contributed by atoms with E-state index in [0.717, 1.165) is 12.8 Å². The van der Waals surface area contributed by atoms with Gasteiger partial charge in [0.2, 0.25) is 0 Å². The van der Waals surface area contributed by atoms with Crippen molar-refractivity contribution in [1.82, 2.24) is 0 Å². The molecule has 0 radical (unpaired) electrons. The molecule has 0 spiro atoms. The first kappa shape index (κ1) is 78.1. The SMILES string of the molecule is O=C(O)C(=O)O.O=C(O)C1(C(=O)O)CCC1.O=C(O)CO.[Cl][Pt+2][Cl].[NH-]C1CCCCC1[NH-].[NH2-].[NH2-].[NH2-].[NH2-].[NH2-].[NH2-].[Pt+2].[Pt+2].[Pt+2]. The van der Waals surface area contributed by atoms with E-state index >= 15 is 0 Å². The molecule has 0 aromatic carbocycles. The molecule has 0 saturated heterocycles. The Morgan fingerprint density at radius 1 is 0.659 bits per heavy atom. The number of carboxylic acids is 5. The molecule has 25 heteroatoms. The maximum Gasteiger partial charge on any atom is 2.00 e. The number of nitrogens with one attached hydrogen (secondary N) is 2. The van der Waals surface area contributed by atoms with E-state index in [9.17, 15) is 9.59 Å². The Bertz CT molecular complexity index is 598. The first-order chi connectivity index (χ1) is 14.7. The molecule has 20 N–H and O–H groups in total. The van der Waals surface area contributed by atoms with Crippen molar-refractivity contribution in [2.45, 2.75) is 57.0 Å². The van der Waals surface area contributed by atoms with Crippen LogP contribution in [-0.4, -0.2) is 79.2 Å². The van der Waals surface area contributed by atoms with Crippen molar-refractivity contribution in [1.29, 1.82) is 0 Å². The molecule has 2 rings (SSSR count). The third kappa shape index (κ3) is 42.5. The minimum Gasteiger partial charge on any atom is -0.693 e. The number of rotatable bonds is 3. The first-order valence-electron chi connectivity index (χ1n) is 8.73. The Labute approximate surface area is 298 Å². The fraction of sp³-hybridized carbons (Fsp3) is 0.688. The Morgan fingerprint density at radius 2 is 0.878 bits per heavy atom. The van der Waals surface area contributed by atoms with Gasteiger partial charge >= 0.3 is 128 Å². The van der Waals surface area contributed by atoms with Crippen LogP contribution in [0.1, 0.15) is 44.9 Å². The van der Waals surface area contributed by atoms with Crippen LogP contribution in [0.25, 0.3) is 48.4 Å². The van der Waals surface area contributed by atoms with Gasteiger partial charge in [-0.3, -0.25) is 9.59 Å². The van der Waals surface area contributed by atoms with Crippen LogP contribution >= 0.6 is 18.8 Å². The van der Waals surface area contributed by atoms with Crippen molar-refractivity contribution >= 4 is 48.7 Å². The van der Waals surface area contributed by atoms with Gasteiger partial charge in [-0.15, -0.1) is 0 Å². The molecule has 41 heavy (non-hydrogen) atoms. The monoisotopic (exact) mass is 1370 g/mol. The van der Waals surface area contributed by atoms with Gasteiger partial charge in [0.25, 0.3) is 0 Å². The molecule has 0 aromatic heterocycles. The Kier molecular flexibility index (Phi) is 90.1. The molecular weight excluding hydrogens is 1330 g/mol. The van der Waals surface area contributed by atoms with Gasteiger partial charge in [-0.05, 0) is 19.3 Å². The van der Waals surface area contributed by atoms with Crippen molar-refractivity contribution in [2.24, 2.45) is 5.41 Å². The summed E-state index contributed by atoms with van der Waals surface area (Å²) in [5.74, 6) is -7.24. The molecule has 2 aliphatic rings. The van der Waals surface area contributed by atoms with E-state index in [0.29, 0.717) is 6.42 Å². The zero-order chi connectivity index (χ0) is 25.9. The molecule has 19 nitrogen and oxygen atoms in total. The maximum absolute atomic E-state index is 10.4. The van der Waals surface area contributed by atoms with E-state index in [1.807, 2.05) is 0 Å². The number of aliphatic hydroxyl groups is 1. The van der Waals surface area contributed by atoms with Crippen molar-refractivity contribution in [3.63, 3.8) is 0 Å². The minimum absolute atomic E-state index is 0. The molecule has 0 aliphatic heterocycles. The van der Waals surface area contributed by atoms with Gasteiger partial charge in [0, 0.05) is 0 Å². The van der Waals surface area contributed by atoms with E-state index in [1.165, 1.54) is 12.8 Å². The number of hydrogen-bond acceptors (Lipinski definition) is 6. The van der Waals surface area contributed by atoms with Crippen LogP contribution in [0.15, 0.2) is 0 Å². The molecule has 0 bridgehead atoms. The van der Waals surface area contributed by atoms with Crippen molar-refractivity contribution in [3.8, 4) is 0 Å². The summed E-state index contributed by atoms with van der Waals surface area (Å²) >= 11 is -0.472. The molecule has 2 atom stereocenters. The average Bonchev–Trinajstić information content (AvgIpc) is 2.64. The summed E-state index contributed by atoms with van der Waals surface area (Å²) in [5.41, 5.74) is 13.1. The van der Waals surface area contributed by atoms with E-state index < -0.39 is 58.3 Å². The number of aliphatic hydroxyl groups excluding tert-OH is 1. The second-order valence-electron chi connectivity index (χ2n) is 6.25. The third-order valence-corrected chi connectivity index (χ3v) is 4.11. The molecule has 262 valence electrons. The summed E-state index contributed by atoms with van der Waals surface area (Å²) in [7, 11) is 9.75. The number of hydrogen-bond donors (Lipinski definition) is 6. The average molecular weight is 1370 g/mol. The van der Waals surface area contributed by atoms with Gasteiger partial charge < -0.3 is 79.0 Å². The quantitative estimate of drug-likeness (QED) is 0.129. The second-order valence-corrected chi connectivity index (χ2v) is 9.53. The van der Waals surface area contributed by atoms with Gasteiger partial charge in [-0.1, -0.05) is 25.7 Å². The van der Waals surface area contributed by atoms with Crippen LogP contribution in [0.5, 0.6) is 0 Å². The maximum atomic E-state index is 10.4. The van der Waals surface area contributed by atoms with E-state index in [1.54, 1.807) is 0 Å². The fourth-order valence-corrected chi connectivity index (χ4v) is 2.18. The summed E-state index contributed by atoms with van der Waals surface area (Å²) < 4.78 is 0. The smallest absolute Gasteiger partial charge is 0.693 e. The Morgan fingerprint density at radius 3 is 0.927 bits per heavy atom. The molecule has 2 aliphatic carbocycles. The molecule has 0 aromatic rings. The van der Waals surface area contributed by atoms with Crippen molar-refractivity contribution in [3.05, 3.63) is 48.4 Å². The van der Waals surface area contributed by atoms with Crippen LogP contribution in [0.3, 0.4) is 0 Å². The Hall–Kier alpha value is 0.323. The third-order valence-electron chi connectivity index (χ3n) is 4.11. The summed E-state index contributed by atoms with van der Waals surface area (Å²) in [6, 6.07) is -0.160. The van der Waals surface area contributed by atoms with Crippen LogP contribution in [0.2, 0.25) is 0 Å². The van der Waals surface area contributed by atoms with Crippen LogP contribution in [0, 0.1) is 5.41 Å². The molecule has 2 fully saturated rings. The second kappa shape index (κ2) is 47.3. The largest absolute Gasteiger partial charge is 2.00 e. The van der Waals surface area contributed by atoms with Crippen LogP contribution in [0.4, 0.5) is 0 Å². The molecule has 0 heterocycles. The molecular formula is C16H38Cl2N8O11Pt4. The fourth-order valence-electron chi connectivity index (χ4n) is 2.18. The Balaban J connectivity index is -0.0000000253. The summed E-state index contributed by atoms with van der Waals surface area (Å²) in [6.07, 6.45) is 5.50. The topological polar surface area (TPSA) is 455 Å². The zero-order valence-corrected chi connectivity index (χ0v) is 31.6. The van der Waals surface area contributed by atoms with Gasteiger partial charge in [0.1, 0.15) is 6.61 Å². The van der Waals surface area contributed by atoms with Gasteiger partial charge in [0.05, 0.1) is 0 Å². The summed E-state index contributed by atoms with van der Waals surface area (Å²) in [4.78, 5) is 48.0. The van der Waals surface area contributed by atoms with Crippen LogP contribution in [-0.2, 0) is 104 Å². The first-order valence-corrected chi connectivity index (χ1v) is 14.4. The number of carboxylic acid groups (broad SMARTS) is 5. The van der Waals surface area contributed by atoms with E-state index in [2.05, 4.69) is 0 Å². The van der Waals surface area contributed by atoms with E-state index in [4.69, 9.17) is 75.3 Å². The summed E-state index contributed by atoms with van der Waals surface area (Å²) in [6.45, 7) is -0.778. The normalized spacial score (nSPS) is 15.4. The number of carbonyl (C=O) groups is 5. The van der Waals surface area contributed by atoms with Crippen LogP contribution < -0.4 is 0 Å². The predicted molar refractivity (Wildman–Crippen MR) is 140 cm³/mol. The molecule has 2 unspecified atom stereocenters. The summed E-state index contributed by atoms with van der Waals surface area (Å²) in [5, 5.41) is 46.7. The minimum atomic E-state index is -1.82. The van der Waals surface area contributed by atoms with Crippen molar-refractivity contribution in [2.75, 3.05) is 6.61 Å². The number of halogens is 2. The van der Waals surface area contributed by atoms with E-state index in [-0.39, 0.29) is 125 Å². The van der Waals surface area contributed by atoms with Crippen molar-refractivity contribution < 1.29 is 134 Å². The molecule has 0 amide bonds. The predicted octanol–water partition coefficient (Wildman–Crippen LogP) is 6.62. The number of nitrogens with two attached hydrogens (primary N) is 6. The van der Waals surface area contributed by atoms with Gasteiger partial charge in [0.15, 0.2) is 5.41 Å². The van der Waals surface area contributed by atoms with Gasteiger partial charge in [-0.25, -0.2) is 14.4 Å². The van der Waals surface area contributed by atoms with Gasteiger partial charge in [-0.2, -0.15) is 12.1 Å². The molecule has 2 saturated carbocycles.